The number of rotatable bonds is 1. The van der Waals surface area contributed by atoms with Crippen LogP contribution in [0, 0.1) is 5.92 Å². The molecular formula is C16H22N2O. The van der Waals surface area contributed by atoms with Gasteiger partial charge in [-0.2, -0.15) is 0 Å². The molecule has 19 heavy (non-hydrogen) atoms. The first-order valence-corrected chi connectivity index (χ1v) is 7.31. The second kappa shape index (κ2) is 4.97. The van der Waals surface area contributed by atoms with Crippen LogP contribution in [-0.4, -0.2) is 24.5 Å². The molecule has 0 aliphatic carbocycles. The van der Waals surface area contributed by atoms with Crippen molar-refractivity contribution in [3.8, 4) is 0 Å². The van der Waals surface area contributed by atoms with E-state index < -0.39 is 0 Å². The van der Waals surface area contributed by atoms with Crippen molar-refractivity contribution < 1.29 is 4.79 Å². The van der Waals surface area contributed by atoms with Crippen LogP contribution in [0.3, 0.4) is 0 Å². The molecule has 1 aromatic carbocycles. The number of carbonyl (C=O) groups excluding carboxylic acids is 1. The lowest BCUT2D eigenvalue weighted by atomic mass is 9.91. The molecular weight excluding hydrogens is 236 g/mol. The van der Waals surface area contributed by atoms with Crippen molar-refractivity contribution in [2.75, 3.05) is 11.4 Å². The Balaban J connectivity index is 1.83. The number of piperidine rings is 1. The Hall–Kier alpha value is -1.35. The van der Waals surface area contributed by atoms with Crippen LogP contribution in [0.2, 0.25) is 0 Å². The van der Waals surface area contributed by atoms with Gasteiger partial charge < -0.3 is 10.2 Å². The zero-order valence-corrected chi connectivity index (χ0v) is 11.7. The quantitative estimate of drug-likeness (QED) is 0.838. The van der Waals surface area contributed by atoms with E-state index in [-0.39, 0.29) is 5.92 Å². The van der Waals surface area contributed by atoms with Gasteiger partial charge in [-0.3, -0.25) is 4.79 Å². The number of hydrogen-bond acceptors (Lipinski definition) is 2. The number of hydrogen-bond donors (Lipinski definition) is 1. The van der Waals surface area contributed by atoms with Gasteiger partial charge >= 0.3 is 0 Å². The van der Waals surface area contributed by atoms with Crippen molar-refractivity contribution in [3.63, 3.8) is 0 Å². The predicted molar refractivity (Wildman–Crippen MR) is 77.3 cm³/mol. The van der Waals surface area contributed by atoms with E-state index in [1.165, 1.54) is 5.56 Å². The third-order valence-corrected chi connectivity index (χ3v) is 4.42. The zero-order valence-electron chi connectivity index (χ0n) is 11.7. The molecule has 3 heteroatoms. The summed E-state index contributed by atoms with van der Waals surface area (Å²) in [6.45, 7) is 5.28. The molecule has 2 heterocycles. The second-order valence-corrected chi connectivity index (χ2v) is 5.97. The first kappa shape index (κ1) is 12.7. The fraction of sp³-hybridized carbons (Fsp3) is 0.562. The molecule has 0 spiro atoms. The molecule has 1 fully saturated rings. The van der Waals surface area contributed by atoms with Crippen LogP contribution < -0.4 is 10.2 Å². The lowest BCUT2D eigenvalue weighted by molar-refractivity contribution is -0.123. The Morgan fingerprint density at radius 2 is 2.11 bits per heavy atom. The number of nitrogens with zero attached hydrogens (tertiary/aromatic N) is 1. The maximum atomic E-state index is 12.8. The summed E-state index contributed by atoms with van der Waals surface area (Å²) in [5.74, 6) is 0.510. The highest BCUT2D eigenvalue weighted by atomic mass is 16.2. The first-order chi connectivity index (χ1) is 9.16. The summed E-state index contributed by atoms with van der Waals surface area (Å²) in [5.41, 5.74) is 2.44. The van der Waals surface area contributed by atoms with Crippen molar-refractivity contribution in [1.82, 2.24) is 5.32 Å². The zero-order chi connectivity index (χ0) is 13.4. The standard InChI is InChI=1S/C16H22N2O/c1-11-9-14(7-8-17-11)16(19)18-12(2)10-13-5-3-4-6-15(13)18/h3-6,11-12,14,17H,7-10H2,1-2H3/t11-,12?,14-/m0/s1. The number of nitrogens with one attached hydrogen (secondary N) is 1. The minimum Gasteiger partial charge on any atom is -0.314 e. The van der Waals surface area contributed by atoms with Gasteiger partial charge in [-0.15, -0.1) is 0 Å². The number of benzene rings is 1. The lowest BCUT2D eigenvalue weighted by Gasteiger charge is -2.32. The molecule has 3 nitrogen and oxygen atoms in total. The van der Waals surface area contributed by atoms with E-state index in [2.05, 4.69) is 37.4 Å². The highest BCUT2D eigenvalue weighted by Crippen LogP contribution is 2.34. The molecule has 0 saturated carbocycles. The monoisotopic (exact) mass is 258 g/mol. The molecule has 2 aliphatic rings. The van der Waals surface area contributed by atoms with Gasteiger partial charge in [0.05, 0.1) is 0 Å². The van der Waals surface area contributed by atoms with Crippen LogP contribution in [-0.2, 0) is 11.2 Å². The fourth-order valence-electron chi connectivity index (χ4n) is 3.45. The van der Waals surface area contributed by atoms with E-state index >= 15 is 0 Å². The van der Waals surface area contributed by atoms with Crippen LogP contribution in [0.5, 0.6) is 0 Å². The fourth-order valence-corrected chi connectivity index (χ4v) is 3.45. The Bertz CT molecular complexity index is 485. The Morgan fingerprint density at radius 3 is 2.89 bits per heavy atom. The lowest BCUT2D eigenvalue weighted by Crippen LogP contribution is -2.46. The van der Waals surface area contributed by atoms with Crippen molar-refractivity contribution >= 4 is 11.6 Å². The van der Waals surface area contributed by atoms with Gasteiger partial charge in [0.1, 0.15) is 0 Å². The average Bonchev–Trinajstić information content (AvgIpc) is 2.74. The average molecular weight is 258 g/mol. The summed E-state index contributed by atoms with van der Waals surface area (Å²) in [4.78, 5) is 14.9. The first-order valence-electron chi connectivity index (χ1n) is 7.31. The molecule has 1 saturated heterocycles. The number of anilines is 1. The Labute approximate surface area is 115 Å². The van der Waals surface area contributed by atoms with E-state index in [0.29, 0.717) is 18.0 Å². The van der Waals surface area contributed by atoms with E-state index in [4.69, 9.17) is 0 Å². The molecule has 1 unspecified atom stereocenters. The minimum atomic E-state index is 0.185. The second-order valence-electron chi connectivity index (χ2n) is 5.97. The SMILES string of the molecule is CC1Cc2ccccc2N1C(=O)[C@H]1CCN[C@@H](C)C1. The predicted octanol–water partition coefficient (Wildman–Crippen LogP) is 2.35. The molecule has 3 rings (SSSR count). The summed E-state index contributed by atoms with van der Waals surface area (Å²) in [5, 5.41) is 3.42. The molecule has 1 amide bonds. The maximum Gasteiger partial charge on any atom is 0.230 e. The summed E-state index contributed by atoms with van der Waals surface area (Å²) in [7, 11) is 0. The largest absolute Gasteiger partial charge is 0.314 e. The number of para-hydroxylation sites is 1. The number of carbonyl (C=O) groups is 1. The summed E-state index contributed by atoms with van der Waals surface area (Å²) in [6, 6.07) is 9.07. The van der Waals surface area contributed by atoms with Crippen LogP contribution in [0.15, 0.2) is 24.3 Å². The highest BCUT2D eigenvalue weighted by Gasteiger charge is 2.35. The highest BCUT2D eigenvalue weighted by molar-refractivity contribution is 5.97. The van der Waals surface area contributed by atoms with Gasteiger partial charge in [0.2, 0.25) is 5.91 Å². The molecule has 0 aromatic heterocycles. The molecule has 0 bridgehead atoms. The van der Waals surface area contributed by atoms with Gasteiger partial charge in [0.25, 0.3) is 0 Å². The van der Waals surface area contributed by atoms with Gasteiger partial charge in [0.15, 0.2) is 0 Å². The smallest absolute Gasteiger partial charge is 0.230 e. The number of fused-ring (bicyclic) bond motifs is 1. The minimum absolute atomic E-state index is 0.185. The van der Waals surface area contributed by atoms with Crippen molar-refractivity contribution in [2.24, 2.45) is 5.92 Å². The van der Waals surface area contributed by atoms with Gasteiger partial charge in [0, 0.05) is 23.7 Å². The third-order valence-electron chi connectivity index (χ3n) is 4.42. The van der Waals surface area contributed by atoms with Crippen molar-refractivity contribution in [1.29, 1.82) is 0 Å². The van der Waals surface area contributed by atoms with Crippen LogP contribution >= 0.6 is 0 Å². The topological polar surface area (TPSA) is 32.3 Å². The van der Waals surface area contributed by atoms with Crippen molar-refractivity contribution in [2.45, 2.75) is 45.2 Å². The summed E-state index contributed by atoms with van der Waals surface area (Å²) >= 11 is 0. The molecule has 102 valence electrons. The normalized spacial score (nSPS) is 30.2. The van der Waals surface area contributed by atoms with E-state index in [0.717, 1.165) is 31.5 Å². The van der Waals surface area contributed by atoms with E-state index in [1.54, 1.807) is 0 Å². The number of amides is 1. The van der Waals surface area contributed by atoms with Gasteiger partial charge in [-0.05, 0) is 51.3 Å². The summed E-state index contributed by atoms with van der Waals surface area (Å²) < 4.78 is 0. The molecule has 1 N–H and O–H groups in total. The van der Waals surface area contributed by atoms with Gasteiger partial charge in [-0.1, -0.05) is 18.2 Å². The third kappa shape index (κ3) is 2.27. The van der Waals surface area contributed by atoms with Crippen LogP contribution in [0.4, 0.5) is 5.69 Å². The molecule has 0 radical (unpaired) electrons. The van der Waals surface area contributed by atoms with E-state index in [1.807, 2.05) is 11.0 Å². The van der Waals surface area contributed by atoms with Gasteiger partial charge in [-0.25, -0.2) is 0 Å². The molecule has 3 atom stereocenters. The van der Waals surface area contributed by atoms with Crippen LogP contribution in [0.1, 0.15) is 32.3 Å². The maximum absolute atomic E-state index is 12.8. The summed E-state index contributed by atoms with van der Waals surface area (Å²) in [6.07, 6.45) is 2.92. The molecule has 2 aliphatic heterocycles. The molecule has 1 aromatic rings. The van der Waals surface area contributed by atoms with Crippen molar-refractivity contribution in [3.05, 3.63) is 29.8 Å². The van der Waals surface area contributed by atoms with Crippen LogP contribution in [0.25, 0.3) is 0 Å². The Morgan fingerprint density at radius 1 is 1.32 bits per heavy atom. The van der Waals surface area contributed by atoms with E-state index in [9.17, 15) is 4.79 Å². The Kier molecular flexibility index (Phi) is 3.31.